The van der Waals surface area contributed by atoms with Crippen LogP contribution in [0.5, 0.6) is 5.75 Å². The van der Waals surface area contributed by atoms with Gasteiger partial charge in [-0.05, 0) is 19.1 Å². The van der Waals surface area contributed by atoms with Crippen LogP contribution in [-0.2, 0) is 6.54 Å². The van der Waals surface area contributed by atoms with Crippen LogP contribution in [0.25, 0.3) is 33.9 Å². The SMILES string of the molecule is CCn1c(-c2cccc(OC)c2)nc(-c2ccccc2)c1-c1ccccc1. The van der Waals surface area contributed by atoms with E-state index in [1.165, 1.54) is 5.56 Å². The van der Waals surface area contributed by atoms with Crippen LogP contribution in [0.1, 0.15) is 6.92 Å². The molecule has 0 aliphatic rings. The van der Waals surface area contributed by atoms with Crippen molar-refractivity contribution in [1.29, 1.82) is 0 Å². The molecular weight excluding hydrogens is 332 g/mol. The molecule has 0 bridgehead atoms. The molecule has 0 aliphatic carbocycles. The summed E-state index contributed by atoms with van der Waals surface area (Å²) in [6.07, 6.45) is 0. The van der Waals surface area contributed by atoms with Crippen LogP contribution >= 0.6 is 0 Å². The fraction of sp³-hybridized carbons (Fsp3) is 0.125. The minimum absolute atomic E-state index is 0.830. The van der Waals surface area contributed by atoms with Crippen molar-refractivity contribution in [3.8, 4) is 39.7 Å². The summed E-state index contributed by atoms with van der Waals surface area (Å²) in [6, 6.07) is 28.9. The average Bonchev–Trinajstić information content (AvgIpc) is 3.14. The first-order chi connectivity index (χ1) is 13.3. The van der Waals surface area contributed by atoms with Crippen LogP contribution in [0, 0.1) is 0 Å². The zero-order chi connectivity index (χ0) is 18.6. The molecule has 0 saturated carbocycles. The van der Waals surface area contributed by atoms with Gasteiger partial charge in [-0.3, -0.25) is 0 Å². The van der Waals surface area contributed by atoms with Gasteiger partial charge in [-0.1, -0.05) is 72.8 Å². The Labute approximate surface area is 159 Å². The largest absolute Gasteiger partial charge is 0.497 e. The third kappa shape index (κ3) is 3.24. The number of methoxy groups -OCH3 is 1. The van der Waals surface area contributed by atoms with E-state index in [4.69, 9.17) is 9.72 Å². The van der Waals surface area contributed by atoms with E-state index < -0.39 is 0 Å². The Balaban J connectivity index is 2.00. The maximum atomic E-state index is 5.42. The van der Waals surface area contributed by atoms with Gasteiger partial charge in [-0.2, -0.15) is 0 Å². The highest BCUT2D eigenvalue weighted by Gasteiger charge is 2.20. The molecule has 134 valence electrons. The minimum Gasteiger partial charge on any atom is -0.497 e. The van der Waals surface area contributed by atoms with Gasteiger partial charge in [-0.15, -0.1) is 0 Å². The van der Waals surface area contributed by atoms with Crippen molar-refractivity contribution in [3.05, 3.63) is 84.9 Å². The normalized spacial score (nSPS) is 10.7. The first-order valence-corrected chi connectivity index (χ1v) is 9.17. The fourth-order valence-electron chi connectivity index (χ4n) is 3.43. The van der Waals surface area contributed by atoms with Gasteiger partial charge in [-0.25, -0.2) is 4.98 Å². The third-order valence-corrected chi connectivity index (χ3v) is 4.71. The van der Waals surface area contributed by atoms with Gasteiger partial charge in [0.2, 0.25) is 0 Å². The van der Waals surface area contributed by atoms with Crippen LogP contribution in [0.3, 0.4) is 0 Å². The Hall–Kier alpha value is -3.33. The van der Waals surface area contributed by atoms with Gasteiger partial charge in [0.05, 0.1) is 18.5 Å². The monoisotopic (exact) mass is 354 g/mol. The van der Waals surface area contributed by atoms with Crippen LogP contribution in [0.15, 0.2) is 84.9 Å². The molecule has 27 heavy (non-hydrogen) atoms. The molecule has 3 heteroatoms. The highest BCUT2D eigenvalue weighted by molar-refractivity contribution is 5.82. The number of ether oxygens (including phenoxy) is 1. The number of imidazole rings is 1. The van der Waals surface area contributed by atoms with Gasteiger partial charge >= 0.3 is 0 Å². The van der Waals surface area contributed by atoms with Gasteiger partial charge in [0.1, 0.15) is 11.6 Å². The first-order valence-electron chi connectivity index (χ1n) is 9.17. The predicted octanol–water partition coefficient (Wildman–Crippen LogP) is 5.91. The summed E-state index contributed by atoms with van der Waals surface area (Å²) in [5, 5.41) is 0. The molecule has 1 aromatic heterocycles. The van der Waals surface area contributed by atoms with Crippen molar-refractivity contribution in [1.82, 2.24) is 9.55 Å². The molecule has 0 fully saturated rings. The zero-order valence-corrected chi connectivity index (χ0v) is 15.6. The van der Waals surface area contributed by atoms with E-state index >= 15 is 0 Å². The highest BCUT2D eigenvalue weighted by Crippen LogP contribution is 2.36. The lowest BCUT2D eigenvalue weighted by Gasteiger charge is -2.11. The molecule has 0 amide bonds. The van der Waals surface area contributed by atoms with Gasteiger partial charge in [0.15, 0.2) is 0 Å². The van der Waals surface area contributed by atoms with Gasteiger partial charge in [0.25, 0.3) is 0 Å². The van der Waals surface area contributed by atoms with Crippen molar-refractivity contribution in [2.45, 2.75) is 13.5 Å². The number of benzene rings is 3. The molecule has 0 aliphatic heterocycles. The number of nitrogens with zero attached hydrogens (tertiary/aromatic N) is 2. The molecule has 0 radical (unpaired) electrons. The first kappa shape index (κ1) is 17.1. The van der Waals surface area contributed by atoms with Crippen molar-refractivity contribution >= 4 is 0 Å². The summed E-state index contributed by atoms with van der Waals surface area (Å²) in [5.74, 6) is 1.79. The van der Waals surface area contributed by atoms with Crippen LogP contribution in [0.4, 0.5) is 0 Å². The molecule has 1 heterocycles. The molecule has 0 unspecified atom stereocenters. The Morgan fingerprint density at radius 3 is 2.04 bits per heavy atom. The Morgan fingerprint density at radius 1 is 0.778 bits per heavy atom. The van der Waals surface area contributed by atoms with Gasteiger partial charge in [0, 0.05) is 23.2 Å². The second-order valence-corrected chi connectivity index (χ2v) is 6.34. The van der Waals surface area contributed by atoms with E-state index in [0.29, 0.717) is 0 Å². The molecule has 4 rings (SSSR count). The number of hydrogen-bond donors (Lipinski definition) is 0. The smallest absolute Gasteiger partial charge is 0.141 e. The molecule has 3 nitrogen and oxygen atoms in total. The summed E-state index contributed by atoms with van der Waals surface area (Å²) in [7, 11) is 1.69. The van der Waals surface area contributed by atoms with E-state index in [2.05, 4.69) is 66.1 Å². The topological polar surface area (TPSA) is 27.1 Å². The van der Waals surface area contributed by atoms with Crippen molar-refractivity contribution in [2.24, 2.45) is 0 Å². The maximum absolute atomic E-state index is 5.42. The lowest BCUT2D eigenvalue weighted by atomic mass is 10.0. The maximum Gasteiger partial charge on any atom is 0.141 e. The average molecular weight is 354 g/mol. The summed E-state index contributed by atoms with van der Waals surface area (Å²) in [5.41, 5.74) is 5.48. The minimum atomic E-state index is 0.830. The summed E-state index contributed by atoms with van der Waals surface area (Å²) in [4.78, 5) is 5.08. The lowest BCUT2D eigenvalue weighted by Crippen LogP contribution is -2.00. The molecule has 3 aromatic carbocycles. The fourth-order valence-corrected chi connectivity index (χ4v) is 3.43. The molecular formula is C24H22N2O. The highest BCUT2D eigenvalue weighted by atomic mass is 16.5. The molecule has 0 N–H and O–H groups in total. The van der Waals surface area contributed by atoms with Crippen LogP contribution < -0.4 is 4.74 Å². The number of rotatable bonds is 5. The van der Waals surface area contributed by atoms with Crippen LogP contribution in [-0.4, -0.2) is 16.7 Å². The third-order valence-electron chi connectivity index (χ3n) is 4.71. The zero-order valence-electron chi connectivity index (χ0n) is 15.6. The van der Waals surface area contributed by atoms with E-state index in [1.54, 1.807) is 7.11 Å². The van der Waals surface area contributed by atoms with E-state index in [-0.39, 0.29) is 0 Å². The number of hydrogen-bond acceptors (Lipinski definition) is 2. The van der Waals surface area contributed by atoms with Crippen molar-refractivity contribution in [2.75, 3.05) is 7.11 Å². The van der Waals surface area contributed by atoms with Crippen LogP contribution in [0.2, 0.25) is 0 Å². The van der Waals surface area contributed by atoms with Gasteiger partial charge < -0.3 is 9.30 Å². The van der Waals surface area contributed by atoms with Crippen molar-refractivity contribution < 1.29 is 4.74 Å². The standard InChI is InChI=1S/C24H22N2O/c1-3-26-23(19-13-8-5-9-14-19)22(18-11-6-4-7-12-18)25-24(26)20-15-10-16-21(17-20)27-2/h4-17H,3H2,1-2H3. The molecule has 0 spiro atoms. The molecule has 4 aromatic rings. The van der Waals surface area contributed by atoms with Crippen molar-refractivity contribution in [3.63, 3.8) is 0 Å². The Bertz CT molecular complexity index is 1040. The molecule has 0 atom stereocenters. The predicted molar refractivity (Wildman–Crippen MR) is 111 cm³/mol. The van der Waals surface area contributed by atoms with E-state index in [1.807, 2.05) is 30.3 Å². The van der Waals surface area contributed by atoms with E-state index in [9.17, 15) is 0 Å². The summed E-state index contributed by atoms with van der Waals surface area (Å²) >= 11 is 0. The Kier molecular flexibility index (Phi) is 4.75. The summed E-state index contributed by atoms with van der Waals surface area (Å²) < 4.78 is 7.70. The lowest BCUT2D eigenvalue weighted by molar-refractivity contribution is 0.415. The molecule has 0 saturated heterocycles. The Morgan fingerprint density at radius 2 is 1.41 bits per heavy atom. The number of aromatic nitrogens is 2. The quantitative estimate of drug-likeness (QED) is 0.445. The second-order valence-electron chi connectivity index (χ2n) is 6.34. The van der Waals surface area contributed by atoms with E-state index in [0.717, 1.165) is 40.6 Å². The second kappa shape index (κ2) is 7.50. The summed E-state index contributed by atoms with van der Waals surface area (Å²) in [6.45, 7) is 2.99.